The van der Waals surface area contributed by atoms with E-state index in [1.807, 2.05) is 13.0 Å². The summed E-state index contributed by atoms with van der Waals surface area (Å²) in [6, 6.07) is 4.68. The molecule has 2 aliphatic rings. The molecule has 0 aliphatic carbocycles. The standard InChI is InChI=1S/C23H31Cl2N3O3/c1-15-11-18(29)14-28(13-15)21(7-9-27-10-8-26-23(31)16(27)2)22(30)6-4-17-3-5-19(24)20(25)12-17/h3-6,12,15-16,18,21,29H,7-11,13-14H2,1-2H3,(H,26,31)/b6-4+/t15-,16?,18-,21?/m0/s1. The minimum absolute atomic E-state index is 0.0125. The van der Waals surface area contributed by atoms with Gasteiger partial charge in [-0.1, -0.05) is 42.3 Å². The molecular formula is C23H31Cl2N3O3. The van der Waals surface area contributed by atoms with Gasteiger partial charge in [0.05, 0.1) is 28.2 Å². The Morgan fingerprint density at radius 3 is 2.77 bits per heavy atom. The number of amides is 1. The number of halogens is 2. The van der Waals surface area contributed by atoms with Crippen LogP contribution in [0.25, 0.3) is 6.08 Å². The van der Waals surface area contributed by atoms with E-state index in [1.165, 1.54) is 0 Å². The largest absolute Gasteiger partial charge is 0.392 e. The van der Waals surface area contributed by atoms with Crippen molar-refractivity contribution in [2.45, 2.75) is 44.9 Å². The van der Waals surface area contributed by atoms with Gasteiger partial charge in [-0.15, -0.1) is 0 Å². The number of aliphatic hydroxyl groups is 1. The fraction of sp³-hybridized carbons (Fsp3) is 0.565. The molecule has 31 heavy (non-hydrogen) atoms. The molecule has 2 heterocycles. The molecule has 8 heteroatoms. The number of benzene rings is 1. The first-order valence-corrected chi connectivity index (χ1v) is 11.6. The Morgan fingerprint density at radius 1 is 1.29 bits per heavy atom. The molecule has 1 amide bonds. The van der Waals surface area contributed by atoms with E-state index in [2.05, 4.69) is 22.0 Å². The third-order valence-corrected chi connectivity index (χ3v) is 6.87. The quantitative estimate of drug-likeness (QED) is 0.603. The van der Waals surface area contributed by atoms with E-state index < -0.39 is 6.10 Å². The van der Waals surface area contributed by atoms with Gasteiger partial charge in [0.15, 0.2) is 5.78 Å². The lowest BCUT2D eigenvalue weighted by Gasteiger charge is -2.40. The average molecular weight is 468 g/mol. The van der Waals surface area contributed by atoms with Crippen LogP contribution < -0.4 is 5.32 Å². The number of ketones is 1. The van der Waals surface area contributed by atoms with E-state index in [1.54, 1.807) is 24.3 Å². The molecule has 2 fully saturated rings. The number of hydrogen-bond acceptors (Lipinski definition) is 5. The summed E-state index contributed by atoms with van der Waals surface area (Å²) in [5.74, 6) is 0.329. The highest BCUT2D eigenvalue weighted by molar-refractivity contribution is 6.42. The highest BCUT2D eigenvalue weighted by Crippen LogP contribution is 2.24. The Kier molecular flexibility index (Phi) is 8.53. The van der Waals surface area contributed by atoms with Crippen LogP contribution in [-0.2, 0) is 9.59 Å². The third kappa shape index (κ3) is 6.53. The summed E-state index contributed by atoms with van der Waals surface area (Å²) in [6.07, 6.45) is 4.25. The van der Waals surface area contributed by atoms with Crippen molar-refractivity contribution >= 4 is 41.0 Å². The smallest absolute Gasteiger partial charge is 0.237 e. The molecule has 2 saturated heterocycles. The molecule has 3 rings (SSSR count). The van der Waals surface area contributed by atoms with Gasteiger partial charge in [0.25, 0.3) is 0 Å². The van der Waals surface area contributed by atoms with Crippen molar-refractivity contribution in [3.05, 3.63) is 39.9 Å². The number of nitrogens with one attached hydrogen (secondary N) is 1. The van der Waals surface area contributed by atoms with Crippen molar-refractivity contribution in [2.75, 3.05) is 32.7 Å². The molecule has 0 aromatic heterocycles. The van der Waals surface area contributed by atoms with Gasteiger partial charge < -0.3 is 10.4 Å². The maximum atomic E-state index is 13.2. The summed E-state index contributed by atoms with van der Waals surface area (Å²) in [5.41, 5.74) is 0.801. The SMILES string of the molecule is CC1C(=O)NCCN1CCC(C(=O)/C=C/c1ccc(Cl)c(Cl)c1)N1C[C@@H](C)C[C@H](O)C1. The van der Waals surface area contributed by atoms with E-state index >= 15 is 0 Å². The predicted octanol–water partition coefficient (Wildman–Crippen LogP) is 2.86. The number of piperazine rings is 1. The minimum atomic E-state index is -0.433. The Balaban J connectivity index is 1.74. The normalized spacial score (nSPS) is 26.7. The monoisotopic (exact) mass is 467 g/mol. The first kappa shape index (κ1) is 24.2. The van der Waals surface area contributed by atoms with Crippen molar-refractivity contribution < 1.29 is 14.7 Å². The zero-order valence-corrected chi connectivity index (χ0v) is 19.6. The number of piperidine rings is 1. The average Bonchev–Trinajstić information content (AvgIpc) is 2.71. The van der Waals surface area contributed by atoms with E-state index in [0.29, 0.717) is 42.0 Å². The molecule has 4 atom stereocenters. The topological polar surface area (TPSA) is 72.9 Å². The molecule has 0 spiro atoms. The number of carbonyl (C=O) groups is 2. The number of rotatable bonds is 7. The van der Waals surface area contributed by atoms with Crippen molar-refractivity contribution in [3.63, 3.8) is 0 Å². The minimum Gasteiger partial charge on any atom is -0.392 e. The van der Waals surface area contributed by atoms with Gasteiger partial charge in [-0.05, 0) is 49.5 Å². The van der Waals surface area contributed by atoms with E-state index in [4.69, 9.17) is 23.2 Å². The molecule has 2 unspecified atom stereocenters. The number of β-amino-alcohol motifs (C(OH)–C–C–N with tert-alkyl or cyclic N) is 1. The van der Waals surface area contributed by atoms with Crippen LogP contribution in [0.4, 0.5) is 0 Å². The summed E-state index contributed by atoms with van der Waals surface area (Å²) >= 11 is 12.1. The fourth-order valence-electron chi connectivity index (χ4n) is 4.45. The molecular weight excluding hydrogens is 437 g/mol. The highest BCUT2D eigenvalue weighted by atomic mass is 35.5. The molecule has 0 radical (unpaired) electrons. The summed E-state index contributed by atoms with van der Waals surface area (Å²) in [5, 5.41) is 14.1. The van der Waals surface area contributed by atoms with Crippen LogP contribution in [0.2, 0.25) is 10.0 Å². The van der Waals surface area contributed by atoms with Crippen molar-refractivity contribution in [1.29, 1.82) is 0 Å². The van der Waals surface area contributed by atoms with Gasteiger partial charge in [-0.2, -0.15) is 0 Å². The number of carbonyl (C=O) groups excluding carboxylic acids is 2. The zero-order valence-electron chi connectivity index (χ0n) is 18.1. The third-order valence-electron chi connectivity index (χ3n) is 6.13. The van der Waals surface area contributed by atoms with Crippen LogP contribution in [0.5, 0.6) is 0 Å². The number of likely N-dealkylation sites (tertiary alicyclic amines) is 1. The van der Waals surface area contributed by atoms with Crippen molar-refractivity contribution in [3.8, 4) is 0 Å². The molecule has 170 valence electrons. The Morgan fingerprint density at radius 2 is 2.06 bits per heavy atom. The molecule has 1 aromatic rings. The summed E-state index contributed by atoms with van der Waals surface area (Å²) in [7, 11) is 0. The second kappa shape index (κ2) is 10.9. The van der Waals surface area contributed by atoms with E-state index in [-0.39, 0.29) is 23.8 Å². The fourth-order valence-corrected chi connectivity index (χ4v) is 4.75. The van der Waals surface area contributed by atoms with Crippen LogP contribution in [0, 0.1) is 5.92 Å². The van der Waals surface area contributed by atoms with Crippen LogP contribution in [0.1, 0.15) is 32.3 Å². The van der Waals surface area contributed by atoms with Gasteiger partial charge in [-0.3, -0.25) is 19.4 Å². The Hall–Kier alpha value is -1.44. The van der Waals surface area contributed by atoms with Gasteiger partial charge in [0.1, 0.15) is 0 Å². The van der Waals surface area contributed by atoms with E-state index in [0.717, 1.165) is 25.1 Å². The second-order valence-corrected chi connectivity index (χ2v) is 9.48. The highest BCUT2D eigenvalue weighted by Gasteiger charge is 2.33. The molecule has 0 bridgehead atoms. The van der Waals surface area contributed by atoms with Crippen LogP contribution in [-0.4, -0.2) is 77.5 Å². The second-order valence-electron chi connectivity index (χ2n) is 8.67. The lowest BCUT2D eigenvalue weighted by atomic mass is 9.94. The van der Waals surface area contributed by atoms with Crippen molar-refractivity contribution in [2.24, 2.45) is 5.92 Å². The number of nitrogens with zero attached hydrogens (tertiary/aromatic N) is 2. The summed E-state index contributed by atoms with van der Waals surface area (Å²) in [6.45, 7) is 7.28. The van der Waals surface area contributed by atoms with Gasteiger partial charge in [0, 0.05) is 32.7 Å². The molecule has 1 aromatic carbocycles. The van der Waals surface area contributed by atoms with Gasteiger partial charge in [-0.25, -0.2) is 0 Å². The lowest BCUT2D eigenvalue weighted by Crippen LogP contribution is -2.56. The maximum absolute atomic E-state index is 13.2. The molecule has 0 saturated carbocycles. The summed E-state index contributed by atoms with van der Waals surface area (Å²) in [4.78, 5) is 29.4. The van der Waals surface area contributed by atoms with E-state index in [9.17, 15) is 14.7 Å². The van der Waals surface area contributed by atoms with Crippen molar-refractivity contribution in [1.82, 2.24) is 15.1 Å². The van der Waals surface area contributed by atoms with Crippen LogP contribution in [0.15, 0.2) is 24.3 Å². The Labute approximate surface area is 194 Å². The summed E-state index contributed by atoms with van der Waals surface area (Å²) < 4.78 is 0. The molecule has 2 aliphatic heterocycles. The van der Waals surface area contributed by atoms with Gasteiger partial charge >= 0.3 is 0 Å². The first-order chi connectivity index (χ1) is 14.7. The van der Waals surface area contributed by atoms with Crippen LogP contribution >= 0.6 is 23.2 Å². The Bertz CT molecular complexity index is 822. The molecule has 6 nitrogen and oxygen atoms in total. The molecule has 2 N–H and O–H groups in total. The maximum Gasteiger partial charge on any atom is 0.237 e. The lowest BCUT2D eigenvalue weighted by molar-refractivity contribution is -0.128. The van der Waals surface area contributed by atoms with Crippen LogP contribution in [0.3, 0.4) is 0 Å². The first-order valence-electron chi connectivity index (χ1n) is 10.9. The zero-order chi connectivity index (χ0) is 22.5. The van der Waals surface area contributed by atoms with Gasteiger partial charge in [0.2, 0.25) is 5.91 Å². The number of aliphatic hydroxyl groups excluding tert-OH is 1. The number of hydrogen-bond donors (Lipinski definition) is 2. The predicted molar refractivity (Wildman–Crippen MR) is 124 cm³/mol.